The van der Waals surface area contributed by atoms with Gasteiger partial charge < -0.3 is 5.32 Å². The molecule has 0 saturated carbocycles. The van der Waals surface area contributed by atoms with Gasteiger partial charge in [-0.2, -0.15) is 0 Å². The Hall–Kier alpha value is -1.81. The van der Waals surface area contributed by atoms with Crippen molar-refractivity contribution in [2.45, 2.75) is 39.8 Å². The van der Waals surface area contributed by atoms with Crippen molar-refractivity contribution in [1.82, 2.24) is 20.3 Å². The number of nitrogens with zero attached hydrogens (tertiary/aromatic N) is 3. The molecule has 3 heterocycles. The Balaban J connectivity index is 2.15. The second-order valence-corrected chi connectivity index (χ2v) is 5.28. The number of hydrogen-bond donors (Lipinski definition) is 1. The fraction of sp³-hybridized carbons (Fsp3) is 0.400. The highest BCUT2D eigenvalue weighted by Gasteiger charge is 2.21. The highest BCUT2D eigenvalue weighted by Crippen LogP contribution is 2.26. The van der Waals surface area contributed by atoms with Gasteiger partial charge in [-0.05, 0) is 25.0 Å². The third-order valence-corrected chi connectivity index (χ3v) is 3.38. The molecule has 98 valence electrons. The molecule has 0 saturated heterocycles. The SMILES string of the molecule is Cc1cccc(-c2nc3c(c(C(C)C)n2)CNC3)n1. The number of rotatable bonds is 2. The summed E-state index contributed by atoms with van der Waals surface area (Å²) in [5.74, 6) is 1.15. The third-order valence-electron chi connectivity index (χ3n) is 3.38. The quantitative estimate of drug-likeness (QED) is 0.895. The van der Waals surface area contributed by atoms with E-state index >= 15 is 0 Å². The molecule has 0 atom stereocenters. The van der Waals surface area contributed by atoms with Crippen molar-refractivity contribution in [3.8, 4) is 11.5 Å². The van der Waals surface area contributed by atoms with Gasteiger partial charge in [0, 0.05) is 24.3 Å². The Kier molecular flexibility index (Phi) is 3.03. The normalized spacial score (nSPS) is 13.9. The first-order valence-corrected chi connectivity index (χ1v) is 6.69. The van der Waals surface area contributed by atoms with Crippen LogP contribution in [0.5, 0.6) is 0 Å². The molecule has 3 rings (SSSR count). The second-order valence-electron chi connectivity index (χ2n) is 5.28. The summed E-state index contributed by atoms with van der Waals surface area (Å²) in [6, 6.07) is 5.96. The predicted octanol–water partition coefficient (Wildman–Crippen LogP) is 2.57. The molecule has 1 aliphatic rings. The van der Waals surface area contributed by atoms with E-state index in [4.69, 9.17) is 4.98 Å². The first kappa shape index (κ1) is 12.2. The van der Waals surface area contributed by atoms with Crippen molar-refractivity contribution < 1.29 is 0 Å². The summed E-state index contributed by atoms with van der Waals surface area (Å²) < 4.78 is 0. The van der Waals surface area contributed by atoms with Crippen LogP contribution in [0.25, 0.3) is 11.5 Å². The lowest BCUT2D eigenvalue weighted by Crippen LogP contribution is -2.06. The van der Waals surface area contributed by atoms with Gasteiger partial charge in [-0.15, -0.1) is 0 Å². The molecule has 4 nitrogen and oxygen atoms in total. The van der Waals surface area contributed by atoms with Gasteiger partial charge in [0.1, 0.15) is 5.69 Å². The van der Waals surface area contributed by atoms with Crippen LogP contribution in [0.3, 0.4) is 0 Å². The van der Waals surface area contributed by atoms with Crippen LogP contribution in [0.2, 0.25) is 0 Å². The van der Waals surface area contributed by atoms with Crippen LogP contribution in [0, 0.1) is 6.92 Å². The average Bonchev–Trinajstić information content (AvgIpc) is 2.85. The van der Waals surface area contributed by atoms with E-state index in [1.807, 2.05) is 25.1 Å². The van der Waals surface area contributed by atoms with Crippen molar-refractivity contribution in [2.75, 3.05) is 0 Å². The summed E-state index contributed by atoms with van der Waals surface area (Å²) >= 11 is 0. The largest absolute Gasteiger partial charge is 0.307 e. The molecule has 0 spiro atoms. The summed E-state index contributed by atoms with van der Waals surface area (Å²) in [5, 5.41) is 3.35. The molecule has 19 heavy (non-hydrogen) atoms. The molecule has 0 radical (unpaired) electrons. The first-order valence-electron chi connectivity index (χ1n) is 6.69. The molecule has 0 aromatic carbocycles. The molecule has 0 unspecified atom stereocenters. The summed E-state index contributed by atoms with van der Waals surface area (Å²) in [7, 11) is 0. The highest BCUT2D eigenvalue weighted by atomic mass is 15.0. The van der Waals surface area contributed by atoms with Gasteiger partial charge in [0.25, 0.3) is 0 Å². The summed E-state index contributed by atoms with van der Waals surface area (Å²) in [4.78, 5) is 13.9. The molecule has 0 aliphatic carbocycles. The summed E-state index contributed by atoms with van der Waals surface area (Å²) in [5.41, 5.74) is 5.39. The molecule has 2 aromatic rings. The number of hydrogen-bond acceptors (Lipinski definition) is 4. The van der Waals surface area contributed by atoms with Crippen LogP contribution in [0.15, 0.2) is 18.2 Å². The van der Waals surface area contributed by atoms with Gasteiger partial charge in [0.2, 0.25) is 0 Å². The molecular formula is C15H18N4. The molecular weight excluding hydrogens is 236 g/mol. The van der Waals surface area contributed by atoms with Gasteiger partial charge in [0.05, 0.1) is 11.4 Å². The number of pyridine rings is 1. The number of fused-ring (bicyclic) bond motifs is 1. The van der Waals surface area contributed by atoms with Gasteiger partial charge in [-0.1, -0.05) is 19.9 Å². The smallest absolute Gasteiger partial charge is 0.178 e. The molecule has 0 amide bonds. The Labute approximate surface area is 113 Å². The molecule has 1 aliphatic heterocycles. The molecule has 2 aromatic heterocycles. The van der Waals surface area contributed by atoms with Crippen molar-refractivity contribution in [1.29, 1.82) is 0 Å². The van der Waals surface area contributed by atoms with Crippen LogP contribution in [-0.4, -0.2) is 15.0 Å². The van der Waals surface area contributed by atoms with Crippen LogP contribution in [-0.2, 0) is 13.1 Å². The van der Waals surface area contributed by atoms with Gasteiger partial charge in [-0.25, -0.2) is 15.0 Å². The molecule has 4 heteroatoms. The lowest BCUT2D eigenvalue weighted by Gasteiger charge is -2.12. The van der Waals surface area contributed by atoms with Crippen LogP contribution in [0.1, 0.15) is 42.4 Å². The lowest BCUT2D eigenvalue weighted by atomic mass is 10.0. The minimum absolute atomic E-state index is 0.403. The van der Waals surface area contributed by atoms with Crippen LogP contribution in [0.4, 0.5) is 0 Å². The van der Waals surface area contributed by atoms with E-state index in [1.165, 1.54) is 5.56 Å². The monoisotopic (exact) mass is 254 g/mol. The van der Waals surface area contributed by atoms with E-state index in [2.05, 4.69) is 29.1 Å². The van der Waals surface area contributed by atoms with Gasteiger partial charge >= 0.3 is 0 Å². The Morgan fingerprint density at radius 1 is 1.11 bits per heavy atom. The molecule has 1 N–H and O–H groups in total. The first-order chi connectivity index (χ1) is 9.15. The van der Waals surface area contributed by atoms with E-state index in [1.54, 1.807) is 0 Å². The topological polar surface area (TPSA) is 50.7 Å². The maximum atomic E-state index is 4.74. The fourth-order valence-electron chi connectivity index (χ4n) is 2.45. The standard InChI is InChI=1S/C15H18N4/c1-9(2)14-11-7-16-8-13(11)18-15(19-14)12-6-4-5-10(3)17-12/h4-6,9,16H,7-8H2,1-3H3. The molecule has 0 bridgehead atoms. The maximum Gasteiger partial charge on any atom is 0.178 e. The lowest BCUT2D eigenvalue weighted by molar-refractivity contribution is 0.746. The van der Waals surface area contributed by atoms with Crippen LogP contribution < -0.4 is 5.32 Å². The summed E-state index contributed by atoms with van der Waals surface area (Å²) in [6.45, 7) is 8.05. The van der Waals surface area contributed by atoms with E-state index in [0.29, 0.717) is 5.92 Å². The Morgan fingerprint density at radius 2 is 1.95 bits per heavy atom. The number of aromatic nitrogens is 3. The summed E-state index contributed by atoms with van der Waals surface area (Å²) in [6.07, 6.45) is 0. The van der Waals surface area contributed by atoms with Crippen molar-refractivity contribution >= 4 is 0 Å². The minimum atomic E-state index is 0.403. The van der Waals surface area contributed by atoms with E-state index in [-0.39, 0.29) is 0 Å². The van der Waals surface area contributed by atoms with Crippen molar-refractivity contribution in [3.63, 3.8) is 0 Å². The van der Waals surface area contributed by atoms with Crippen molar-refractivity contribution in [2.24, 2.45) is 0 Å². The van der Waals surface area contributed by atoms with E-state index in [9.17, 15) is 0 Å². The second kappa shape index (κ2) is 4.70. The number of aryl methyl sites for hydroxylation is 1. The fourth-order valence-corrected chi connectivity index (χ4v) is 2.45. The average molecular weight is 254 g/mol. The Morgan fingerprint density at radius 3 is 2.68 bits per heavy atom. The minimum Gasteiger partial charge on any atom is -0.307 e. The maximum absolute atomic E-state index is 4.74. The van der Waals surface area contributed by atoms with E-state index in [0.717, 1.165) is 41.7 Å². The highest BCUT2D eigenvalue weighted by molar-refractivity contribution is 5.51. The third kappa shape index (κ3) is 2.24. The van der Waals surface area contributed by atoms with Crippen LogP contribution >= 0.6 is 0 Å². The van der Waals surface area contributed by atoms with Gasteiger partial charge in [0.15, 0.2) is 5.82 Å². The zero-order valence-corrected chi connectivity index (χ0v) is 11.6. The van der Waals surface area contributed by atoms with Gasteiger partial charge in [-0.3, -0.25) is 0 Å². The Bertz CT molecular complexity index is 620. The number of nitrogens with one attached hydrogen (secondary N) is 1. The van der Waals surface area contributed by atoms with E-state index < -0.39 is 0 Å². The zero-order valence-electron chi connectivity index (χ0n) is 11.6. The zero-order chi connectivity index (χ0) is 13.4. The predicted molar refractivity (Wildman–Crippen MR) is 74.6 cm³/mol. The molecule has 0 fully saturated rings. The van der Waals surface area contributed by atoms with Crippen molar-refractivity contribution in [3.05, 3.63) is 40.8 Å².